The van der Waals surface area contributed by atoms with Crippen LogP contribution in [-0.2, 0) is 36.8 Å². The number of carbonyl (C=O) groups excluding carboxylic acids is 3. The van der Waals surface area contributed by atoms with Crippen LogP contribution in [0, 0.1) is 5.92 Å². The standard InChI is InChI=1S/C29H35N5O7/c1-16(2)25(34-26(37)20(30)12-17-8-4-3-5-9-17)28(39)32-22(14-24(35)36)27(38)33-23(29(40)41)13-18-15-31-21-11-7-6-10-19(18)21/h3-11,15-16,20,22-23,25,31H,12-14,30H2,1-2H3,(H,32,39)(H,33,38)(H,34,37)(H,35,36)(H,40,41)/t20-,22-,23-,25-/m0/s1. The van der Waals surface area contributed by atoms with Crippen molar-refractivity contribution in [2.75, 3.05) is 0 Å². The average molecular weight is 566 g/mol. The second-order valence-corrected chi connectivity index (χ2v) is 10.1. The smallest absolute Gasteiger partial charge is 0.326 e. The van der Waals surface area contributed by atoms with E-state index in [1.54, 1.807) is 32.2 Å². The van der Waals surface area contributed by atoms with Crippen molar-refractivity contribution in [3.8, 4) is 0 Å². The quantitative estimate of drug-likeness (QED) is 0.150. The molecule has 12 nitrogen and oxygen atoms in total. The van der Waals surface area contributed by atoms with E-state index in [0.29, 0.717) is 5.56 Å². The van der Waals surface area contributed by atoms with Crippen molar-refractivity contribution in [3.05, 3.63) is 71.9 Å². The summed E-state index contributed by atoms with van der Waals surface area (Å²) in [5, 5.41) is 27.2. The molecule has 3 aromatic rings. The summed E-state index contributed by atoms with van der Waals surface area (Å²) in [6.45, 7) is 3.34. The lowest BCUT2D eigenvalue weighted by atomic mass is 10.0. The molecule has 12 heteroatoms. The number of para-hydroxylation sites is 1. The fourth-order valence-electron chi connectivity index (χ4n) is 4.39. The highest BCUT2D eigenvalue weighted by Gasteiger charge is 2.33. The molecule has 0 aliphatic rings. The molecule has 0 bridgehead atoms. The minimum Gasteiger partial charge on any atom is -0.481 e. The van der Waals surface area contributed by atoms with E-state index in [0.717, 1.165) is 16.5 Å². The topological polar surface area (TPSA) is 204 Å². The van der Waals surface area contributed by atoms with Gasteiger partial charge in [0.1, 0.15) is 18.1 Å². The Kier molecular flexibility index (Phi) is 10.6. The predicted molar refractivity (Wildman–Crippen MR) is 151 cm³/mol. The van der Waals surface area contributed by atoms with E-state index in [1.807, 2.05) is 42.5 Å². The zero-order valence-corrected chi connectivity index (χ0v) is 22.8. The molecule has 3 amide bonds. The van der Waals surface area contributed by atoms with Gasteiger partial charge in [0.05, 0.1) is 12.5 Å². The van der Waals surface area contributed by atoms with Crippen LogP contribution in [0.15, 0.2) is 60.8 Å². The number of hydrogen-bond donors (Lipinski definition) is 7. The molecule has 2 aromatic carbocycles. The number of fused-ring (bicyclic) bond motifs is 1. The summed E-state index contributed by atoms with van der Waals surface area (Å²) in [5.41, 5.74) is 8.31. The SMILES string of the molecule is CC(C)[C@H](NC(=O)[C@@H](N)Cc1ccccc1)C(=O)N[C@@H](CC(=O)O)C(=O)N[C@@H](Cc1c[nH]c2ccccc12)C(=O)O. The van der Waals surface area contributed by atoms with Gasteiger partial charge in [0, 0.05) is 23.5 Å². The molecule has 1 heterocycles. The Morgan fingerprint density at radius 3 is 2.07 bits per heavy atom. The van der Waals surface area contributed by atoms with Crippen LogP contribution >= 0.6 is 0 Å². The van der Waals surface area contributed by atoms with Gasteiger partial charge < -0.3 is 36.9 Å². The third-order valence-electron chi connectivity index (χ3n) is 6.61. The third-order valence-corrected chi connectivity index (χ3v) is 6.61. The number of carboxylic acids is 2. The zero-order chi connectivity index (χ0) is 30.1. The van der Waals surface area contributed by atoms with Gasteiger partial charge in [0.2, 0.25) is 17.7 Å². The number of nitrogens with two attached hydrogens (primary N) is 1. The second-order valence-electron chi connectivity index (χ2n) is 10.1. The van der Waals surface area contributed by atoms with Crippen molar-refractivity contribution in [2.24, 2.45) is 11.7 Å². The summed E-state index contributed by atoms with van der Waals surface area (Å²) >= 11 is 0. The molecule has 0 aliphatic heterocycles. The van der Waals surface area contributed by atoms with E-state index in [9.17, 15) is 34.2 Å². The highest BCUT2D eigenvalue weighted by atomic mass is 16.4. The molecule has 0 aliphatic carbocycles. The van der Waals surface area contributed by atoms with Crippen molar-refractivity contribution in [1.29, 1.82) is 0 Å². The van der Waals surface area contributed by atoms with Crippen LogP contribution in [0.25, 0.3) is 10.9 Å². The van der Waals surface area contributed by atoms with Crippen LogP contribution in [0.1, 0.15) is 31.4 Å². The van der Waals surface area contributed by atoms with Gasteiger partial charge in [0.15, 0.2) is 0 Å². The van der Waals surface area contributed by atoms with Gasteiger partial charge in [-0.15, -0.1) is 0 Å². The molecule has 4 atom stereocenters. The highest BCUT2D eigenvalue weighted by Crippen LogP contribution is 2.19. The van der Waals surface area contributed by atoms with Crippen molar-refractivity contribution in [2.45, 2.75) is 57.3 Å². The maximum absolute atomic E-state index is 13.2. The Balaban J connectivity index is 1.70. The number of carbonyl (C=O) groups is 5. The molecular formula is C29H35N5O7. The van der Waals surface area contributed by atoms with Crippen LogP contribution in [-0.4, -0.2) is 69.0 Å². The largest absolute Gasteiger partial charge is 0.481 e. The predicted octanol–water partition coefficient (Wildman–Crippen LogP) is 0.950. The molecule has 0 saturated heterocycles. The molecule has 0 saturated carbocycles. The minimum atomic E-state index is -1.60. The summed E-state index contributed by atoms with van der Waals surface area (Å²) in [6.07, 6.45) is 0.990. The zero-order valence-electron chi connectivity index (χ0n) is 22.8. The maximum Gasteiger partial charge on any atom is 0.326 e. The highest BCUT2D eigenvalue weighted by molar-refractivity contribution is 5.96. The van der Waals surface area contributed by atoms with Crippen LogP contribution in [0.2, 0.25) is 0 Å². The number of hydrogen-bond acceptors (Lipinski definition) is 6. The van der Waals surface area contributed by atoms with Gasteiger partial charge in [-0.1, -0.05) is 62.4 Å². The van der Waals surface area contributed by atoms with Gasteiger partial charge in [-0.25, -0.2) is 4.79 Å². The second kappa shape index (κ2) is 14.1. The van der Waals surface area contributed by atoms with E-state index in [1.165, 1.54) is 0 Å². The maximum atomic E-state index is 13.2. The van der Waals surface area contributed by atoms with Gasteiger partial charge in [-0.3, -0.25) is 19.2 Å². The Bertz CT molecular complexity index is 1390. The van der Waals surface area contributed by atoms with Crippen molar-refractivity contribution < 1.29 is 34.2 Å². The molecule has 0 radical (unpaired) electrons. The number of benzene rings is 2. The number of rotatable bonds is 14. The lowest BCUT2D eigenvalue weighted by molar-refractivity contribution is -0.143. The van der Waals surface area contributed by atoms with E-state index in [-0.39, 0.29) is 12.8 Å². The van der Waals surface area contributed by atoms with Gasteiger partial charge in [-0.05, 0) is 29.5 Å². The first-order valence-electron chi connectivity index (χ1n) is 13.2. The van der Waals surface area contributed by atoms with Crippen molar-refractivity contribution >= 4 is 40.6 Å². The van der Waals surface area contributed by atoms with Gasteiger partial charge in [-0.2, -0.15) is 0 Å². The number of nitrogens with one attached hydrogen (secondary N) is 4. The van der Waals surface area contributed by atoms with Crippen LogP contribution < -0.4 is 21.7 Å². The summed E-state index contributed by atoms with van der Waals surface area (Å²) < 4.78 is 0. The molecule has 41 heavy (non-hydrogen) atoms. The molecule has 0 spiro atoms. The summed E-state index contributed by atoms with van der Waals surface area (Å²) in [4.78, 5) is 65.6. The first-order valence-corrected chi connectivity index (χ1v) is 13.2. The number of amides is 3. The van der Waals surface area contributed by atoms with Crippen molar-refractivity contribution in [1.82, 2.24) is 20.9 Å². The lowest BCUT2D eigenvalue weighted by Gasteiger charge is -2.26. The first-order chi connectivity index (χ1) is 19.5. The summed E-state index contributed by atoms with van der Waals surface area (Å²) in [5.74, 6) is -5.53. The Hall–Kier alpha value is -4.71. The van der Waals surface area contributed by atoms with Gasteiger partial charge in [0.25, 0.3) is 0 Å². The molecule has 0 fully saturated rings. The van der Waals surface area contributed by atoms with E-state index in [2.05, 4.69) is 20.9 Å². The van der Waals surface area contributed by atoms with E-state index in [4.69, 9.17) is 5.73 Å². The van der Waals surface area contributed by atoms with Crippen LogP contribution in [0.5, 0.6) is 0 Å². The number of carboxylic acid groups (broad SMARTS) is 2. The molecule has 218 valence electrons. The number of aliphatic carboxylic acids is 2. The number of aromatic nitrogens is 1. The molecule has 1 aromatic heterocycles. The first kappa shape index (κ1) is 30.8. The average Bonchev–Trinajstić information content (AvgIpc) is 3.33. The fraction of sp³-hybridized carbons (Fsp3) is 0.345. The molecule has 0 unspecified atom stereocenters. The monoisotopic (exact) mass is 565 g/mol. The molecular weight excluding hydrogens is 530 g/mol. The minimum absolute atomic E-state index is 0.0806. The normalized spacial score (nSPS) is 14.0. The van der Waals surface area contributed by atoms with Gasteiger partial charge >= 0.3 is 11.9 Å². The summed E-state index contributed by atoms with van der Waals surface area (Å²) in [6, 6.07) is 11.3. The van der Waals surface area contributed by atoms with Crippen LogP contribution in [0.4, 0.5) is 0 Å². The van der Waals surface area contributed by atoms with Crippen molar-refractivity contribution in [3.63, 3.8) is 0 Å². The fourth-order valence-corrected chi connectivity index (χ4v) is 4.39. The number of H-pyrrole nitrogens is 1. The van der Waals surface area contributed by atoms with Crippen LogP contribution in [0.3, 0.4) is 0 Å². The Labute approximate surface area is 236 Å². The van der Waals surface area contributed by atoms with E-state index < -0.39 is 66.2 Å². The molecule has 8 N–H and O–H groups in total. The third kappa shape index (κ3) is 8.64. The summed E-state index contributed by atoms with van der Waals surface area (Å²) in [7, 11) is 0. The Morgan fingerprint density at radius 2 is 1.44 bits per heavy atom. The molecule has 3 rings (SSSR count). The lowest BCUT2D eigenvalue weighted by Crippen LogP contribution is -2.59. The Morgan fingerprint density at radius 1 is 0.805 bits per heavy atom. The van der Waals surface area contributed by atoms with E-state index >= 15 is 0 Å². The number of aromatic amines is 1.